The molecule has 3 aromatic rings. The van der Waals surface area contributed by atoms with Crippen molar-refractivity contribution in [2.75, 3.05) is 11.5 Å². The first-order chi connectivity index (χ1) is 16.3. The summed E-state index contributed by atoms with van der Waals surface area (Å²) in [4.78, 5) is 27.9. The largest absolute Gasteiger partial charge is 0.508 e. The Balaban J connectivity index is 1.85. The molecule has 2 N–H and O–H groups in total. The van der Waals surface area contributed by atoms with E-state index in [0.29, 0.717) is 29.2 Å². The van der Waals surface area contributed by atoms with E-state index >= 15 is 0 Å². The van der Waals surface area contributed by atoms with Crippen LogP contribution in [-0.4, -0.2) is 28.5 Å². The summed E-state index contributed by atoms with van der Waals surface area (Å²) in [5, 5.41) is 21.0. The smallest absolute Gasteiger partial charge is 0.300 e. The number of Topliss-reactive ketones (excluding diaryl/α,β-unsaturated/α-hetero) is 1. The fraction of sp³-hybridized carbons (Fsp3) is 0.214. The minimum atomic E-state index is -0.848. The van der Waals surface area contributed by atoms with Crippen LogP contribution in [0.1, 0.15) is 41.6 Å². The highest BCUT2D eigenvalue weighted by molar-refractivity contribution is 6.51. The molecule has 0 spiro atoms. The standard InChI is InChI=1S/C28H27NO5/c1-4-15-34-23-13-8-20(9-14-23)26(31)24-25(19-6-11-22(30)12-7-19)29(28(33)27(24)32)21-10-5-17(2)18(3)16-21/h5-14,16,25,30-31H,4,15H2,1-3H3/b26-24+. The molecule has 174 valence electrons. The van der Waals surface area contributed by atoms with Crippen LogP contribution in [-0.2, 0) is 9.59 Å². The maximum atomic E-state index is 13.2. The van der Waals surface area contributed by atoms with E-state index in [0.717, 1.165) is 17.5 Å². The number of aryl methyl sites for hydroxylation is 2. The second kappa shape index (κ2) is 9.43. The summed E-state index contributed by atoms with van der Waals surface area (Å²) in [6.07, 6.45) is 0.871. The molecule has 6 nitrogen and oxygen atoms in total. The second-order valence-electron chi connectivity index (χ2n) is 8.40. The van der Waals surface area contributed by atoms with Gasteiger partial charge >= 0.3 is 0 Å². The number of carbonyl (C=O) groups is 2. The average Bonchev–Trinajstić information content (AvgIpc) is 3.10. The number of nitrogens with zero attached hydrogens (tertiary/aromatic N) is 1. The van der Waals surface area contributed by atoms with E-state index in [9.17, 15) is 19.8 Å². The zero-order valence-electron chi connectivity index (χ0n) is 19.4. The van der Waals surface area contributed by atoms with Crippen molar-refractivity contribution >= 4 is 23.1 Å². The molecule has 0 saturated carbocycles. The van der Waals surface area contributed by atoms with Gasteiger partial charge < -0.3 is 14.9 Å². The van der Waals surface area contributed by atoms with E-state index in [1.807, 2.05) is 32.9 Å². The highest BCUT2D eigenvalue weighted by Crippen LogP contribution is 2.42. The van der Waals surface area contributed by atoms with Gasteiger partial charge in [-0.1, -0.05) is 25.1 Å². The van der Waals surface area contributed by atoms with E-state index in [4.69, 9.17) is 4.74 Å². The summed E-state index contributed by atoms with van der Waals surface area (Å²) >= 11 is 0. The summed E-state index contributed by atoms with van der Waals surface area (Å²) in [7, 11) is 0. The van der Waals surface area contributed by atoms with Crippen molar-refractivity contribution in [1.29, 1.82) is 0 Å². The van der Waals surface area contributed by atoms with Gasteiger partial charge in [-0.25, -0.2) is 0 Å². The van der Waals surface area contributed by atoms with Gasteiger partial charge in [0.2, 0.25) is 0 Å². The van der Waals surface area contributed by atoms with Crippen LogP contribution >= 0.6 is 0 Å². The highest BCUT2D eigenvalue weighted by atomic mass is 16.5. The summed E-state index contributed by atoms with van der Waals surface area (Å²) in [6, 6.07) is 17.8. The number of phenols is 1. The maximum absolute atomic E-state index is 13.2. The van der Waals surface area contributed by atoms with E-state index in [1.54, 1.807) is 42.5 Å². The van der Waals surface area contributed by atoms with Crippen molar-refractivity contribution in [3.05, 3.63) is 94.6 Å². The van der Waals surface area contributed by atoms with Gasteiger partial charge in [-0.2, -0.15) is 0 Å². The number of aromatic hydroxyl groups is 1. The molecule has 0 bridgehead atoms. The van der Waals surface area contributed by atoms with E-state index < -0.39 is 17.7 Å². The number of aliphatic hydroxyl groups excluding tert-OH is 1. The number of phenolic OH excluding ortho intramolecular Hbond substituents is 1. The quantitative estimate of drug-likeness (QED) is 0.293. The van der Waals surface area contributed by atoms with E-state index in [2.05, 4.69) is 0 Å². The molecule has 3 aromatic carbocycles. The van der Waals surface area contributed by atoms with Gasteiger partial charge in [0.25, 0.3) is 11.7 Å². The number of hydrogen-bond donors (Lipinski definition) is 2. The van der Waals surface area contributed by atoms with Crippen LogP contribution in [0, 0.1) is 13.8 Å². The molecule has 4 rings (SSSR count). The first-order valence-corrected chi connectivity index (χ1v) is 11.2. The van der Waals surface area contributed by atoms with E-state index in [1.165, 1.54) is 17.0 Å². The molecule has 1 aliphatic rings. The number of ether oxygens (including phenoxy) is 1. The van der Waals surface area contributed by atoms with Crippen LogP contribution < -0.4 is 9.64 Å². The predicted octanol–water partition coefficient (Wildman–Crippen LogP) is 5.42. The number of aliphatic hydroxyl groups is 1. The molecular formula is C28H27NO5. The van der Waals surface area contributed by atoms with E-state index in [-0.39, 0.29) is 17.1 Å². The van der Waals surface area contributed by atoms with Crippen LogP contribution in [0.3, 0.4) is 0 Å². The third kappa shape index (κ3) is 4.27. The lowest BCUT2D eigenvalue weighted by atomic mass is 9.95. The minimum absolute atomic E-state index is 0.00357. The molecule has 0 aromatic heterocycles. The minimum Gasteiger partial charge on any atom is -0.508 e. The first kappa shape index (κ1) is 23.1. The lowest BCUT2D eigenvalue weighted by molar-refractivity contribution is -0.132. The van der Waals surface area contributed by atoms with Gasteiger partial charge in [-0.15, -0.1) is 0 Å². The zero-order chi connectivity index (χ0) is 24.4. The molecule has 1 heterocycles. The van der Waals surface area contributed by atoms with Crippen LogP contribution in [0.4, 0.5) is 5.69 Å². The predicted molar refractivity (Wildman–Crippen MR) is 131 cm³/mol. The molecule has 6 heteroatoms. The van der Waals surface area contributed by atoms with Crippen molar-refractivity contribution in [2.45, 2.75) is 33.2 Å². The normalized spacial score (nSPS) is 17.3. The topological polar surface area (TPSA) is 87.1 Å². The number of anilines is 1. The van der Waals surface area contributed by atoms with Crippen molar-refractivity contribution in [3.63, 3.8) is 0 Å². The van der Waals surface area contributed by atoms with Gasteiger partial charge in [0.1, 0.15) is 17.3 Å². The van der Waals surface area contributed by atoms with Crippen molar-refractivity contribution in [2.24, 2.45) is 0 Å². The summed E-state index contributed by atoms with van der Waals surface area (Å²) in [5.41, 5.74) is 3.60. The lowest BCUT2D eigenvalue weighted by Gasteiger charge is -2.26. The van der Waals surface area contributed by atoms with Crippen molar-refractivity contribution in [1.82, 2.24) is 0 Å². The Kier molecular flexibility index (Phi) is 6.41. The maximum Gasteiger partial charge on any atom is 0.300 e. The van der Waals surface area contributed by atoms with Crippen molar-refractivity contribution < 1.29 is 24.5 Å². The van der Waals surface area contributed by atoms with Crippen LogP contribution in [0.5, 0.6) is 11.5 Å². The molecule has 1 aliphatic heterocycles. The third-order valence-corrected chi connectivity index (χ3v) is 6.02. The Morgan fingerprint density at radius 1 is 0.941 bits per heavy atom. The number of hydrogen-bond acceptors (Lipinski definition) is 5. The monoisotopic (exact) mass is 457 g/mol. The summed E-state index contributed by atoms with van der Waals surface area (Å²) in [5.74, 6) is -1.02. The fourth-order valence-corrected chi connectivity index (χ4v) is 4.03. The van der Waals surface area contributed by atoms with Gasteiger partial charge in [0.05, 0.1) is 18.2 Å². The average molecular weight is 458 g/mol. The molecule has 34 heavy (non-hydrogen) atoms. The van der Waals surface area contributed by atoms with Gasteiger partial charge in [-0.05, 0) is 85.5 Å². The molecule has 1 atom stereocenters. The molecule has 1 fully saturated rings. The van der Waals surface area contributed by atoms with Gasteiger partial charge in [-0.3, -0.25) is 14.5 Å². The molecule has 1 unspecified atom stereocenters. The molecule has 1 amide bonds. The Labute approximate surface area is 198 Å². The highest BCUT2D eigenvalue weighted by Gasteiger charge is 2.47. The number of ketones is 1. The van der Waals surface area contributed by atoms with Crippen LogP contribution in [0.2, 0.25) is 0 Å². The Hall–Kier alpha value is -4.06. The SMILES string of the molecule is CCCOc1ccc(/C(O)=C2\C(=O)C(=O)N(c3ccc(C)c(C)c3)C2c2ccc(O)cc2)cc1. The number of benzene rings is 3. The third-order valence-electron chi connectivity index (χ3n) is 6.02. The number of amides is 1. The van der Waals surface area contributed by atoms with Crippen LogP contribution in [0.25, 0.3) is 5.76 Å². The molecular weight excluding hydrogens is 430 g/mol. The lowest BCUT2D eigenvalue weighted by Crippen LogP contribution is -2.29. The Bertz CT molecular complexity index is 1260. The molecule has 0 radical (unpaired) electrons. The molecule has 0 aliphatic carbocycles. The van der Waals surface area contributed by atoms with Crippen molar-refractivity contribution in [3.8, 4) is 11.5 Å². The van der Waals surface area contributed by atoms with Gasteiger partial charge in [0, 0.05) is 11.3 Å². The summed E-state index contributed by atoms with van der Waals surface area (Å²) < 4.78 is 5.60. The Morgan fingerprint density at radius 2 is 1.62 bits per heavy atom. The second-order valence-corrected chi connectivity index (χ2v) is 8.40. The molecule has 1 saturated heterocycles. The Morgan fingerprint density at radius 3 is 2.24 bits per heavy atom. The summed E-state index contributed by atoms with van der Waals surface area (Å²) in [6.45, 7) is 6.50. The number of rotatable bonds is 6. The fourth-order valence-electron chi connectivity index (χ4n) is 4.03. The van der Waals surface area contributed by atoms with Crippen LogP contribution in [0.15, 0.2) is 72.3 Å². The first-order valence-electron chi connectivity index (χ1n) is 11.2. The zero-order valence-corrected chi connectivity index (χ0v) is 19.4. The number of carbonyl (C=O) groups excluding carboxylic acids is 2. The van der Waals surface area contributed by atoms with Gasteiger partial charge in [0.15, 0.2) is 0 Å².